The maximum Gasteiger partial charge on any atom is 0.315 e. The topological polar surface area (TPSA) is 88.2 Å². The largest absolute Gasteiger partial charge is 0.338 e. The van der Waals surface area contributed by atoms with Crippen molar-refractivity contribution in [2.45, 2.75) is 24.8 Å². The Labute approximate surface area is 142 Å². The van der Waals surface area contributed by atoms with Crippen LogP contribution in [0, 0.1) is 6.92 Å². The van der Waals surface area contributed by atoms with Gasteiger partial charge in [0.1, 0.15) is 0 Å². The van der Waals surface area contributed by atoms with E-state index >= 15 is 0 Å². The number of rotatable bonds is 6. The van der Waals surface area contributed by atoms with E-state index in [1.165, 1.54) is 12.1 Å². The van der Waals surface area contributed by atoms with Crippen LogP contribution in [-0.2, 0) is 22.8 Å². The van der Waals surface area contributed by atoms with Crippen LogP contribution in [0.2, 0.25) is 0 Å². The first-order chi connectivity index (χ1) is 11.3. The summed E-state index contributed by atoms with van der Waals surface area (Å²) in [7, 11) is -3.20. The third kappa shape index (κ3) is 5.66. The molecule has 2 aromatic rings. The van der Waals surface area contributed by atoms with Crippen LogP contribution in [0.5, 0.6) is 0 Å². The van der Waals surface area contributed by atoms with E-state index in [4.69, 9.17) is 0 Å². The molecule has 0 aliphatic carbocycles. The highest BCUT2D eigenvalue weighted by atomic mass is 32.2. The lowest BCUT2D eigenvalue weighted by atomic mass is 10.2. The number of sulfone groups is 1. The van der Waals surface area contributed by atoms with Crippen molar-refractivity contribution in [1.29, 1.82) is 0 Å². The van der Waals surface area contributed by atoms with Crippen molar-refractivity contribution in [2.75, 3.05) is 12.8 Å². The number of aryl methyl sites for hydroxylation is 1. The van der Waals surface area contributed by atoms with Gasteiger partial charge in [0.05, 0.1) is 4.90 Å². The number of hydrogen-bond acceptors (Lipinski definition) is 4. The van der Waals surface area contributed by atoms with Gasteiger partial charge in [-0.1, -0.05) is 18.2 Å². The molecule has 6 nitrogen and oxygen atoms in total. The van der Waals surface area contributed by atoms with E-state index in [1.807, 2.05) is 19.1 Å². The smallest absolute Gasteiger partial charge is 0.315 e. The van der Waals surface area contributed by atoms with E-state index < -0.39 is 9.84 Å². The summed E-state index contributed by atoms with van der Waals surface area (Å²) in [5, 5.41) is 5.52. The Hall–Kier alpha value is -2.41. The quantitative estimate of drug-likeness (QED) is 0.834. The van der Waals surface area contributed by atoms with Crippen LogP contribution in [0.25, 0.3) is 0 Å². The predicted octanol–water partition coefficient (Wildman–Crippen LogP) is 1.84. The van der Waals surface area contributed by atoms with Gasteiger partial charge in [0.25, 0.3) is 0 Å². The van der Waals surface area contributed by atoms with Gasteiger partial charge in [-0.2, -0.15) is 0 Å². The second-order valence-electron chi connectivity index (χ2n) is 5.58. The summed E-state index contributed by atoms with van der Waals surface area (Å²) in [5.74, 6) is 0. The Morgan fingerprint density at radius 3 is 2.29 bits per heavy atom. The average Bonchev–Trinajstić information content (AvgIpc) is 2.54. The highest BCUT2D eigenvalue weighted by Crippen LogP contribution is 2.10. The fourth-order valence-corrected chi connectivity index (χ4v) is 2.70. The summed E-state index contributed by atoms with van der Waals surface area (Å²) in [4.78, 5) is 16.2. The lowest BCUT2D eigenvalue weighted by Crippen LogP contribution is -2.36. The van der Waals surface area contributed by atoms with Crippen LogP contribution in [0.1, 0.15) is 16.8 Å². The van der Waals surface area contributed by atoms with Gasteiger partial charge in [-0.05, 0) is 42.7 Å². The molecular formula is C17H21N3O3S. The molecule has 0 aliphatic heterocycles. The monoisotopic (exact) mass is 347 g/mol. The molecule has 0 bridgehead atoms. The van der Waals surface area contributed by atoms with Gasteiger partial charge in [0.2, 0.25) is 0 Å². The third-order valence-corrected chi connectivity index (χ3v) is 4.60. The summed E-state index contributed by atoms with van der Waals surface area (Å²) in [6, 6.07) is 10.1. The predicted molar refractivity (Wildman–Crippen MR) is 92.5 cm³/mol. The van der Waals surface area contributed by atoms with Gasteiger partial charge in [-0.15, -0.1) is 0 Å². The van der Waals surface area contributed by atoms with E-state index in [9.17, 15) is 13.2 Å². The van der Waals surface area contributed by atoms with Gasteiger partial charge < -0.3 is 10.6 Å². The maximum atomic E-state index is 11.8. The molecule has 0 atom stereocenters. The maximum absolute atomic E-state index is 11.8. The molecular weight excluding hydrogens is 326 g/mol. The first-order valence-electron chi connectivity index (χ1n) is 7.57. The Morgan fingerprint density at radius 2 is 1.71 bits per heavy atom. The summed E-state index contributed by atoms with van der Waals surface area (Å²) in [6.45, 7) is 2.78. The minimum absolute atomic E-state index is 0.262. The average molecular weight is 347 g/mol. The number of nitrogens with one attached hydrogen (secondary N) is 2. The molecule has 0 fully saturated rings. The van der Waals surface area contributed by atoms with Crippen LogP contribution in [-0.4, -0.2) is 32.2 Å². The fourth-order valence-electron chi connectivity index (χ4n) is 2.07. The molecule has 0 radical (unpaired) electrons. The number of nitrogens with zero attached hydrogens (tertiary/aromatic N) is 1. The van der Waals surface area contributed by atoms with Gasteiger partial charge in [-0.3, -0.25) is 4.98 Å². The van der Waals surface area contributed by atoms with E-state index in [0.29, 0.717) is 19.5 Å². The van der Waals surface area contributed by atoms with Crippen molar-refractivity contribution in [2.24, 2.45) is 0 Å². The van der Waals surface area contributed by atoms with Crippen LogP contribution in [0.15, 0.2) is 47.5 Å². The second kappa shape index (κ2) is 7.92. The Balaban J connectivity index is 1.74. The minimum Gasteiger partial charge on any atom is -0.338 e. The molecule has 1 aromatic carbocycles. The van der Waals surface area contributed by atoms with Crippen LogP contribution in [0.3, 0.4) is 0 Å². The number of pyridine rings is 1. The molecule has 24 heavy (non-hydrogen) atoms. The van der Waals surface area contributed by atoms with E-state index in [-0.39, 0.29) is 10.9 Å². The molecule has 1 heterocycles. The van der Waals surface area contributed by atoms with Crippen molar-refractivity contribution < 1.29 is 13.2 Å². The summed E-state index contributed by atoms with van der Waals surface area (Å²) >= 11 is 0. The molecule has 128 valence electrons. The van der Waals surface area contributed by atoms with Crippen molar-refractivity contribution >= 4 is 15.9 Å². The molecule has 0 spiro atoms. The summed E-state index contributed by atoms with van der Waals surface area (Å²) in [5.41, 5.74) is 2.86. The first-order valence-corrected chi connectivity index (χ1v) is 9.46. The zero-order valence-corrected chi connectivity index (χ0v) is 14.6. The number of benzene rings is 1. The molecule has 0 saturated heterocycles. The first kappa shape index (κ1) is 17.9. The SMILES string of the molecule is Cc1ccc(CCNC(=O)NCc2ccc(S(C)(=O)=O)cc2)cn1. The lowest BCUT2D eigenvalue weighted by Gasteiger charge is -2.08. The lowest BCUT2D eigenvalue weighted by molar-refractivity contribution is 0.240. The van der Waals surface area contributed by atoms with E-state index in [2.05, 4.69) is 15.6 Å². The molecule has 0 saturated carbocycles. The fraction of sp³-hybridized carbons (Fsp3) is 0.294. The second-order valence-corrected chi connectivity index (χ2v) is 7.60. The van der Waals surface area contributed by atoms with Crippen LogP contribution in [0.4, 0.5) is 4.79 Å². The molecule has 2 rings (SSSR count). The number of carbonyl (C=O) groups is 1. The Bertz CT molecular complexity index is 785. The normalized spacial score (nSPS) is 11.1. The van der Waals surface area contributed by atoms with Gasteiger partial charge in [0.15, 0.2) is 9.84 Å². The molecule has 0 unspecified atom stereocenters. The molecule has 1 aromatic heterocycles. The molecule has 0 aliphatic rings. The van der Waals surface area contributed by atoms with Gasteiger partial charge in [0, 0.05) is 31.2 Å². The zero-order chi connectivity index (χ0) is 17.6. The number of hydrogen-bond donors (Lipinski definition) is 2. The Kier molecular flexibility index (Phi) is 5.92. The molecule has 2 amide bonds. The Morgan fingerprint density at radius 1 is 1.04 bits per heavy atom. The van der Waals surface area contributed by atoms with E-state index in [0.717, 1.165) is 23.1 Å². The van der Waals surface area contributed by atoms with Crippen molar-refractivity contribution in [1.82, 2.24) is 15.6 Å². The van der Waals surface area contributed by atoms with Crippen molar-refractivity contribution in [3.05, 3.63) is 59.4 Å². The highest BCUT2D eigenvalue weighted by Gasteiger charge is 2.06. The number of carbonyl (C=O) groups excluding carboxylic acids is 1. The third-order valence-electron chi connectivity index (χ3n) is 3.48. The van der Waals surface area contributed by atoms with Crippen LogP contribution >= 0.6 is 0 Å². The number of amides is 2. The number of urea groups is 1. The number of aromatic nitrogens is 1. The summed E-state index contributed by atoms with van der Waals surface area (Å²) < 4.78 is 22.8. The highest BCUT2D eigenvalue weighted by molar-refractivity contribution is 7.90. The standard InChI is InChI=1S/C17H21N3O3S/c1-13-3-4-15(11-19-13)9-10-18-17(21)20-12-14-5-7-16(8-6-14)24(2,22)23/h3-8,11H,9-10,12H2,1-2H3,(H2,18,20,21). The van der Waals surface area contributed by atoms with Gasteiger partial charge >= 0.3 is 6.03 Å². The molecule has 2 N–H and O–H groups in total. The van der Waals surface area contributed by atoms with Crippen molar-refractivity contribution in [3.8, 4) is 0 Å². The van der Waals surface area contributed by atoms with Crippen LogP contribution < -0.4 is 10.6 Å². The molecule has 7 heteroatoms. The zero-order valence-electron chi connectivity index (χ0n) is 13.7. The minimum atomic E-state index is -3.20. The summed E-state index contributed by atoms with van der Waals surface area (Å²) in [6.07, 6.45) is 3.68. The van der Waals surface area contributed by atoms with E-state index in [1.54, 1.807) is 18.3 Å². The van der Waals surface area contributed by atoms with Gasteiger partial charge in [-0.25, -0.2) is 13.2 Å². The van der Waals surface area contributed by atoms with Crippen molar-refractivity contribution in [3.63, 3.8) is 0 Å².